The minimum absolute atomic E-state index is 1.21. The van der Waals surface area contributed by atoms with Gasteiger partial charge in [0.1, 0.15) is 0 Å². The molecule has 0 fully saturated rings. The van der Waals surface area contributed by atoms with Crippen LogP contribution in [0.3, 0.4) is 0 Å². The third-order valence-electron chi connectivity index (χ3n) is 3.08. The molecule has 0 atom stereocenters. The Bertz CT molecular complexity index is 204. The highest BCUT2D eigenvalue weighted by molar-refractivity contribution is 5.43. The van der Waals surface area contributed by atoms with E-state index < -0.39 is 0 Å². The zero-order valence-electron chi connectivity index (χ0n) is 10.8. The maximum Gasteiger partial charge on any atom is -0.0102 e. The van der Waals surface area contributed by atoms with Crippen molar-refractivity contribution in [1.29, 1.82) is 0 Å². The van der Waals surface area contributed by atoms with E-state index in [9.17, 15) is 0 Å². The second-order valence-electron chi connectivity index (χ2n) is 4.34. The molecule has 0 bridgehead atoms. The molecule has 0 saturated carbocycles. The van der Waals surface area contributed by atoms with Crippen LogP contribution in [0.2, 0.25) is 0 Å². The molecule has 0 N–H and O–H groups in total. The molecule has 0 heterocycles. The second-order valence-corrected chi connectivity index (χ2v) is 4.34. The summed E-state index contributed by atoms with van der Waals surface area (Å²) >= 11 is 0. The first kappa shape index (κ1) is 13.5. The lowest BCUT2D eigenvalue weighted by atomic mass is 10.1. The molecule has 0 radical (unpaired) electrons. The zero-order chi connectivity index (χ0) is 11.1. The third-order valence-corrected chi connectivity index (χ3v) is 3.08. The summed E-state index contributed by atoms with van der Waals surface area (Å²) in [7, 11) is 0. The fourth-order valence-corrected chi connectivity index (χ4v) is 1.66. The second kappa shape index (κ2) is 6.86. The molecule has 82 valence electrons. The van der Waals surface area contributed by atoms with Gasteiger partial charge < -0.3 is 0 Å². The molecule has 0 amide bonds. The fraction of sp³-hybridized carbons (Fsp3) is 0.714. The Morgan fingerprint density at radius 3 is 1.21 bits per heavy atom. The van der Waals surface area contributed by atoms with Gasteiger partial charge in [-0.05, 0) is 45.3 Å². The van der Waals surface area contributed by atoms with E-state index >= 15 is 0 Å². The van der Waals surface area contributed by atoms with Gasteiger partial charge in [0.25, 0.3) is 0 Å². The highest BCUT2D eigenvalue weighted by atomic mass is 14.2. The van der Waals surface area contributed by atoms with E-state index in [0.717, 1.165) is 0 Å². The molecular formula is C14H26. The van der Waals surface area contributed by atoms with Crippen molar-refractivity contribution in [2.75, 3.05) is 0 Å². The van der Waals surface area contributed by atoms with Crippen molar-refractivity contribution in [2.45, 2.75) is 67.2 Å². The van der Waals surface area contributed by atoms with Crippen LogP contribution in [-0.4, -0.2) is 0 Å². The van der Waals surface area contributed by atoms with Crippen LogP contribution < -0.4 is 0 Å². The highest BCUT2D eigenvalue weighted by Crippen LogP contribution is 2.30. The van der Waals surface area contributed by atoms with Gasteiger partial charge in [-0.2, -0.15) is 0 Å². The van der Waals surface area contributed by atoms with E-state index in [2.05, 4.69) is 41.5 Å². The molecule has 1 aliphatic carbocycles. The van der Waals surface area contributed by atoms with Crippen molar-refractivity contribution in [2.24, 2.45) is 0 Å². The molecule has 0 spiro atoms. The maximum absolute atomic E-state index is 2.22. The van der Waals surface area contributed by atoms with Crippen LogP contribution in [0.15, 0.2) is 22.3 Å². The standard InChI is InChI=1S/C9H14.C5H12/c1-6-5-7(2)9(4)8(6)3;1-3-5-4-2/h5H2,1-4H3;3-5H2,1-2H3. The summed E-state index contributed by atoms with van der Waals surface area (Å²) in [6, 6.07) is 0. The van der Waals surface area contributed by atoms with Gasteiger partial charge in [0.05, 0.1) is 0 Å². The summed E-state index contributed by atoms with van der Waals surface area (Å²) in [5.41, 5.74) is 6.11. The lowest BCUT2D eigenvalue weighted by Crippen LogP contribution is -1.74. The Hall–Kier alpha value is -0.520. The molecule has 1 aliphatic rings. The van der Waals surface area contributed by atoms with Crippen LogP contribution in [0.5, 0.6) is 0 Å². The topological polar surface area (TPSA) is 0 Å². The van der Waals surface area contributed by atoms with Gasteiger partial charge in [-0.3, -0.25) is 0 Å². The van der Waals surface area contributed by atoms with E-state index in [1.165, 1.54) is 36.8 Å². The third kappa shape index (κ3) is 4.13. The largest absolute Gasteiger partial charge is 0.0661 e. The van der Waals surface area contributed by atoms with Crippen molar-refractivity contribution >= 4 is 0 Å². The van der Waals surface area contributed by atoms with Crippen molar-refractivity contribution < 1.29 is 0 Å². The summed E-state index contributed by atoms with van der Waals surface area (Å²) in [4.78, 5) is 0. The van der Waals surface area contributed by atoms with Gasteiger partial charge in [-0.1, -0.05) is 44.3 Å². The van der Waals surface area contributed by atoms with Crippen LogP contribution in [0.25, 0.3) is 0 Å². The Kier molecular flexibility index (Phi) is 6.61. The normalized spacial score (nSPS) is 15.9. The number of hydrogen-bond donors (Lipinski definition) is 0. The average molecular weight is 194 g/mol. The molecule has 0 nitrogen and oxygen atoms in total. The van der Waals surface area contributed by atoms with Crippen molar-refractivity contribution in [3.63, 3.8) is 0 Å². The van der Waals surface area contributed by atoms with Crippen molar-refractivity contribution in [3.05, 3.63) is 22.3 Å². The van der Waals surface area contributed by atoms with Crippen LogP contribution in [0.4, 0.5) is 0 Å². The number of unbranched alkanes of at least 4 members (excludes halogenated alkanes) is 2. The number of allylic oxidation sites excluding steroid dienone is 4. The Balaban J connectivity index is 0.000000292. The Morgan fingerprint density at radius 2 is 1.14 bits per heavy atom. The monoisotopic (exact) mass is 194 g/mol. The van der Waals surface area contributed by atoms with Crippen molar-refractivity contribution in [1.82, 2.24) is 0 Å². The van der Waals surface area contributed by atoms with E-state index in [1.807, 2.05) is 0 Å². The molecule has 0 saturated heterocycles. The van der Waals surface area contributed by atoms with Gasteiger partial charge >= 0.3 is 0 Å². The van der Waals surface area contributed by atoms with E-state index in [-0.39, 0.29) is 0 Å². The predicted molar refractivity (Wildman–Crippen MR) is 66.6 cm³/mol. The van der Waals surface area contributed by atoms with Crippen LogP contribution in [0, 0.1) is 0 Å². The summed E-state index contributed by atoms with van der Waals surface area (Å²) in [6.07, 6.45) is 5.28. The van der Waals surface area contributed by atoms with E-state index in [1.54, 1.807) is 11.1 Å². The molecule has 0 aromatic rings. The van der Waals surface area contributed by atoms with Gasteiger partial charge in [0, 0.05) is 0 Å². The first-order chi connectivity index (χ1) is 6.54. The molecule has 0 aliphatic heterocycles. The van der Waals surface area contributed by atoms with Crippen molar-refractivity contribution in [3.8, 4) is 0 Å². The lowest BCUT2D eigenvalue weighted by molar-refractivity contribution is 0.772. The Labute approximate surface area is 90.1 Å². The van der Waals surface area contributed by atoms with Crippen LogP contribution in [-0.2, 0) is 0 Å². The number of hydrogen-bond acceptors (Lipinski definition) is 0. The molecule has 1 rings (SSSR count). The minimum Gasteiger partial charge on any atom is -0.0661 e. The zero-order valence-corrected chi connectivity index (χ0v) is 10.8. The number of rotatable bonds is 2. The molecule has 0 aromatic heterocycles. The van der Waals surface area contributed by atoms with E-state index in [0.29, 0.717) is 0 Å². The van der Waals surface area contributed by atoms with Gasteiger partial charge in [-0.25, -0.2) is 0 Å². The van der Waals surface area contributed by atoms with Gasteiger partial charge in [0.2, 0.25) is 0 Å². The summed E-state index contributed by atoms with van der Waals surface area (Å²) in [5.74, 6) is 0. The molecule has 0 aromatic carbocycles. The molecule has 14 heavy (non-hydrogen) atoms. The lowest BCUT2D eigenvalue weighted by Gasteiger charge is -1.94. The van der Waals surface area contributed by atoms with Crippen LogP contribution in [0.1, 0.15) is 67.2 Å². The molecular weight excluding hydrogens is 168 g/mol. The predicted octanol–water partition coefficient (Wildman–Crippen LogP) is 5.26. The Morgan fingerprint density at radius 1 is 0.786 bits per heavy atom. The summed E-state index contributed by atoms with van der Waals surface area (Å²) < 4.78 is 0. The van der Waals surface area contributed by atoms with E-state index in [4.69, 9.17) is 0 Å². The molecule has 0 unspecified atom stereocenters. The first-order valence-electron chi connectivity index (χ1n) is 5.87. The summed E-state index contributed by atoms with van der Waals surface area (Å²) in [6.45, 7) is 13.3. The quantitative estimate of drug-likeness (QED) is 0.562. The average Bonchev–Trinajstić information content (AvgIpc) is 2.36. The van der Waals surface area contributed by atoms with Gasteiger partial charge in [0.15, 0.2) is 0 Å². The smallest absolute Gasteiger partial charge is 0.0102 e. The SMILES string of the molecule is CC1=C(C)C(C)=C(C)C1.CCCCC. The minimum atomic E-state index is 1.21. The first-order valence-corrected chi connectivity index (χ1v) is 5.87. The fourth-order valence-electron chi connectivity index (χ4n) is 1.66. The van der Waals surface area contributed by atoms with Gasteiger partial charge in [-0.15, -0.1) is 0 Å². The maximum atomic E-state index is 2.22. The summed E-state index contributed by atoms with van der Waals surface area (Å²) in [5, 5.41) is 0. The van der Waals surface area contributed by atoms with Crippen LogP contribution >= 0.6 is 0 Å². The highest BCUT2D eigenvalue weighted by Gasteiger charge is 2.10. The molecule has 0 heteroatoms.